The van der Waals surface area contributed by atoms with Gasteiger partial charge >= 0.3 is 0 Å². The Labute approximate surface area is 150 Å². The van der Waals surface area contributed by atoms with Crippen molar-refractivity contribution in [1.29, 1.82) is 0 Å². The van der Waals surface area contributed by atoms with E-state index in [1.54, 1.807) is 0 Å². The molecule has 6 nitrogen and oxygen atoms in total. The fourth-order valence-electron chi connectivity index (χ4n) is 3.71. The number of hydrogen-bond acceptors (Lipinski definition) is 6. The first kappa shape index (κ1) is 15.5. The number of benzene rings is 2. The van der Waals surface area contributed by atoms with Crippen molar-refractivity contribution in [1.82, 2.24) is 20.4 Å². The van der Waals surface area contributed by atoms with E-state index in [9.17, 15) is 0 Å². The van der Waals surface area contributed by atoms with Crippen LogP contribution in [0.3, 0.4) is 0 Å². The van der Waals surface area contributed by atoms with Crippen LogP contribution in [-0.2, 0) is 0 Å². The smallest absolute Gasteiger partial charge is 0.294 e. The van der Waals surface area contributed by atoms with Gasteiger partial charge in [0.25, 0.3) is 5.89 Å². The Hall–Kier alpha value is -2.70. The largest absolute Gasteiger partial charge is 0.450 e. The SMILES string of the molecule is Cc1c(-c2nc(C3CNCCN3C)no2)oc2c1ccc1ccccc12. The van der Waals surface area contributed by atoms with Gasteiger partial charge in [-0.1, -0.05) is 41.6 Å². The maximum atomic E-state index is 6.20. The van der Waals surface area contributed by atoms with E-state index < -0.39 is 0 Å². The predicted molar refractivity (Wildman–Crippen MR) is 100.0 cm³/mol. The maximum Gasteiger partial charge on any atom is 0.294 e. The maximum absolute atomic E-state index is 6.20. The molecule has 4 aromatic rings. The number of likely N-dealkylation sites (N-methyl/N-ethyl adjacent to an activating group) is 1. The molecule has 1 aliphatic heterocycles. The third kappa shape index (κ3) is 2.34. The molecule has 6 heteroatoms. The Morgan fingerprint density at radius 3 is 2.92 bits per heavy atom. The normalized spacial score (nSPS) is 18.8. The average Bonchev–Trinajstić information content (AvgIpc) is 3.27. The van der Waals surface area contributed by atoms with Gasteiger partial charge in [0.05, 0.1) is 6.04 Å². The minimum atomic E-state index is 0.117. The molecule has 1 atom stereocenters. The third-order valence-electron chi connectivity index (χ3n) is 5.27. The standard InChI is InChI=1S/C20H20N4O2/c1-12-14-8-7-13-5-3-4-6-15(13)18(14)25-17(12)20-22-19(23-26-20)16-11-21-9-10-24(16)2/h3-8,16,21H,9-11H2,1-2H3. The lowest BCUT2D eigenvalue weighted by atomic mass is 10.1. The Bertz CT molecular complexity index is 1100. The number of nitrogens with one attached hydrogen (secondary N) is 1. The molecule has 1 saturated heterocycles. The Balaban J connectivity index is 1.61. The highest BCUT2D eigenvalue weighted by molar-refractivity contribution is 6.06. The van der Waals surface area contributed by atoms with E-state index in [4.69, 9.17) is 8.94 Å². The minimum Gasteiger partial charge on any atom is -0.450 e. The summed E-state index contributed by atoms with van der Waals surface area (Å²) in [6, 6.07) is 12.5. The lowest BCUT2D eigenvalue weighted by molar-refractivity contribution is 0.190. The number of fused-ring (bicyclic) bond motifs is 3. The molecular weight excluding hydrogens is 328 g/mol. The number of piperazine rings is 1. The molecule has 0 radical (unpaired) electrons. The fraction of sp³-hybridized carbons (Fsp3) is 0.300. The van der Waals surface area contributed by atoms with Gasteiger partial charge in [-0.25, -0.2) is 0 Å². The van der Waals surface area contributed by atoms with Crippen molar-refractivity contribution < 1.29 is 8.94 Å². The first-order valence-electron chi connectivity index (χ1n) is 8.88. The van der Waals surface area contributed by atoms with Crippen LogP contribution in [-0.4, -0.2) is 41.7 Å². The third-order valence-corrected chi connectivity index (χ3v) is 5.27. The van der Waals surface area contributed by atoms with Crippen LogP contribution in [0.4, 0.5) is 0 Å². The molecule has 2 aromatic carbocycles. The Kier molecular flexibility index (Phi) is 3.55. The van der Waals surface area contributed by atoms with Gasteiger partial charge < -0.3 is 14.3 Å². The summed E-state index contributed by atoms with van der Waals surface area (Å²) >= 11 is 0. The monoisotopic (exact) mass is 348 g/mol. The molecule has 0 amide bonds. The van der Waals surface area contributed by atoms with Crippen molar-refractivity contribution in [3.63, 3.8) is 0 Å². The zero-order valence-electron chi connectivity index (χ0n) is 14.8. The number of hydrogen-bond donors (Lipinski definition) is 1. The predicted octanol–water partition coefficient (Wildman–Crippen LogP) is 3.52. The van der Waals surface area contributed by atoms with E-state index in [1.807, 2.05) is 19.1 Å². The second-order valence-corrected chi connectivity index (χ2v) is 6.88. The number of aryl methyl sites for hydroxylation is 1. The molecule has 3 heterocycles. The second kappa shape index (κ2) is 5.93. The summed E-state index contributed by atoms with van der Waals surface area (Å²) < 4.78 is 11.8. The van der Waals surface area contributed by atoms with Crippen LogP contribution >= 0.6 is 0 Å². The molecule has 26 heavy (non-hydrogen) atoms. The van der Waals surface area contributed by atoms with Crippen LogP contribution in [0.15, 0.2) is 45.3 Å². The van der Waals surface area contributed by atoms with E-state index in [-0.39, 0.29) is 6.04 Å². The van der Waals surface area contributed by atoms with E-state index in [0.29, 0.717) is 17.5 Å². The summed E-state index contributed by atoms with van der Waals surface area (Å²) in [7, 11) is 2.08. The highest BCUT2D eigenvalue weighted by Gasteiger charge is 2.27. The summed E-state index contributed by atoms with van der Waals surface area (Å²) in [5.74, 6) is 1.79. The van der Waals surface area contributed by atoms with Crippen LogP contribution < -0.4 is 5.32 Å². The van der Waals surface area contributed by atoms with Gasteiger partial charge in [0, 0.05) is 36.0 Å². The zero-order valence-corrected chi connectivity index (χ0v) is 14.8. The number of furan rings is 1. The first-order chi connectivity index (χ1) is 12.7. The van der Waals surface area contributed by atoms with Crippen molar-refractivity contribution in [2.75, 3.05) is 26.7 Å². The highest BCUT2D eigenvalue weighted by atomic mass is 16.5. The summed E-state index contributed by atoms with van der Waals surface area (Å²) in [4.78, 5) is 6.88. The van der Waals surface area contributed by atoms with E-state index in [1.165, 1.54) is 0 Å². The Morgan fingerprint density at radius 1 is 1.15 bits per heavy atom. The van der Waals surface area contributed by atoms with Crippen molar-refractivity contribution in [2.45, 2.75) is 13.0 Å². The van der Waals surface area contributed by atoms with Gasteiger partial charge in [0.15, 0.2) is 11.6 Å². The van der Waals surface area contributed by atoms with Crippen LogP contribution in [0.2, 0.25) is 0 Å². The first-order valence-corrected chi connectivity index (χ1v) is 8.88. The van der Waals surface area contributed by atoms with Gasteiger partial charge in [0.1, 0.15) is 5.58 Å². The molecule has 1 N–H and O–H groups in total. The van der Waals surface area contributed by atoms with Crippen molar-refractivity contribution >= 4 is 21.7 Å². The molecule has 1 fully saturated rings. The zero-order chi connectivity index (χ0) is 17.7. The fourth-order valence-corrected chi connectivity index (χ4v) is 3.71. The van der Waals surface area contributed by atoms with Crippen LogP contribution in [0.25, 0.3) is 33.4 Å². The van der Waals surface area contributed by atoms with Gasteiger partial charge in [0.2, 0.25) is 0 Å². The lowest BCUT2D eigenvalue weighted by Crippen LogP contribution is -2.44. The van der Waals surface area contributed by atoms with Crippen LogP contribution in [0, 0.1) is 6.92 Å². The molecule has 1 unspecified atom stereocenters. The summed E-state index contributed by atoms with van der Waals surface area (Å²) in [6.45, 7) is 4.80. The van der Waals surface area contributed by atoms with Crippen LogP contribution in [0.1, 0.15) is 17.4 Å². The molecule has 1 aliphatic rings. The molecule has 5 rings (SSSR count). The number of nitrogens with zero attached hydrogens (tertiary/aromatic N) is 3. The summed E-state index contributed by atoms with van der Waals surface area (Å²) in [5, 5.41) is 10.9. The Morgan fingerprint density at radius 2 is 2.04 bits per heavy atom. The van der Waals surface area contributed by atoms with E-state index in [0.717, 1.165) is 46.9 Å². The lowest BCUT2D eigenvalue weighted by Gasteiger charge is -2.30. The van der Waals surface area contributed by atoms with Crippen molar-refractivity contribution in [3.05, 3.63) is 47.8 Å². The molecule has 132 valence electrons. The van der Waals surface area contributed by atoms with Crippen molar-refractivity contribution in [3.8, 4) is 11.7 Å². The molecule has 0 spiro atoms. The average molecular weight is 348 g/mol. The van der Waals surface area contributed by atoms with Gasteiger partial charge in [-0.2, -0.15) is 4.98 Å². The number of rotatable bonds is 2. The molecule has 2 aromatic heterocycles. The minimum absolute atomic E-state index is 0.117. The van der Waals surface area contributed by atoms with Gasteiger partial charge in [-0.3, -0.25) is 4.90 Å². The van der Waals surface area contributed by atoms with Crippen molar-refractivity contribution in [2.24, 2.45) is 0 Å². The highest BCUT2D eigenvalue weighted by Crippen LogP contribution is 2.36. The van der Waals surface area contributed by atoms with Gasteiger partial charge in [-0.15, -0.1) is 0 Å². The topological polar surface area (TPSA) is 67.3 Å². The van der Waals surface area contributed by atoms with E-state index in [2.05, 4.69) is 51.7 Å². The van der Waals surface area contributed by atoms with E-state index >= 15 is 0 Å². The van der Waals surface area contributed by atoms with Crippen LogP contribution in [0.5, 0.6) is 0 Å². The molecular formula is C20H20N4O2. The summed E-state index contributed by atoms with van der Waals surface area (Å²) in [6.07, 6.45) is 0. The summed E-state index contributed by atoms with van der Waals surface area (Å²) in [5.41, 5.74) is 1.89. The molecule has 0 bridgehead atoms. The number of aromatic nitrogens is 2. The molecule has 0 saturated carbocycles. The molecule has 0 aliphatic carbocycles. The second-order valence-electron chi connectivity index (χ2n) is 6.88. The quantitative estimate of drug-likeness (QED) is 0.598. The van der Waals surface area contributed by atoms with Gasteiger partial charge in [-0.05, 0) is 19.4 Å².